The van der Waals surface area contributed by atoms with Crippen LogP contribution in [0, 0.1) is 6.92 Å². The summed E-state index contributed by atoms with van der Waals surface area (Å²) in [5.41, 5.74) is 2.16. The zero-order chi connectivity index (χ0) is 13.8. The molecule has 0 atom stereocenters. The molecule has 0 aliphatic carbocycles. The van der Waals surface area contributed by atoms with Crippen LogP contribution in [-0.2, 0) is 6.54 Å². The highest BCUT2D eigenvalue weighted by molar-refractivity contribution is 7.15. The van der Waals surface area contributed by atoms with Gasteiger partial charge in [-0.25, -0.2) is 4.98 Å². The molecule has 102 valence electrons. The first-order valence-electron chi connectivity index (χ1n) is 6.45. The van der Waals surface area contributed by atoms with E-state index in [1.54, 1.807) is 18.4 Å². The van der Waals surface area contributed by atoms with Gasteiger partial charge in [0.05, 0.1) is 18.4 Å². The molecule has 1 N–H and O–H groups in total. The first-order valence-corrected chi connectivity index (χ1v) is 7.26. The van der Waals surface area contributed by atoms with Crippen LogP contribution in [0.25, 0.3) is 10.6 Å². The van der Waals surface area contributed by atoms with E-state index in [-0.39, 0.29) is 0 Å². The Bertz CT molecular complexity index is 549. The molecular weight excluding hydrogens is 256 g/mol. The number of aromatic nitrogens is 1. The summed E-state index contributed by atoms with van der Waals surface area (Å²) in [6, 6.07) is 8.50. The number of methoxy groups -OCH3 is 1. The minimum atomic E-state index is 0.483. The third kappa shape index (κ3) is 3.33. The summed E-state index contributed by atoms with van der Waals surface area (Å²) in [5, 5.41) is 4.46. The fraction of sp³-hybridized carbons (Fsp3) is 0.400. The van der Waals surface area contributed by atoms with Crippen molar-refractivity contribution in [1.82, 2.24) is 10.3 Å². The highest BCUT2D eigenvalue weighted by Crippen LogP contribution is 2.34. The van der Waals surface area contributed by atoms with Crippen LogP contribution in [0.2, 0.25) is 0 Å². The van der Waals surface area contributed by atoms with Crippen LogP contribution in [0.3, 0.4) is 0 Å². The fourth-order valence-corrected chi connectivity index (χ4v) is 2.87. The van der Waals surface area contributed by atoms with Crippen LogP contribution in [0.1, 0.15) is 24.4 Å². The molecule has 19 heavy (non-hydrogen) atoms. The van der Waals surface area contributed by atoms with Gasteiger partial charge in [0.2, 0.25) is 0 Å². The van der Waals surface area contributed by atoms with Crippen molar-refractivity contribution in [2.45, 2.75) is 33.4 Å². The van der Waals surface area contributed by atoms with Crippen LogP contribution < -0.4 is 10.1 Å². The van der Waals surface area contributed by atoms with E-state index in [1.807, 2.05) is 18.2 Å². The molecule has 0 saturated heterocycles. The standard InChI is InChI=1S/C15H20N2OS/c1-10(2)16-9-14-11(3)17-15(19-14)12-7-5-6-8-13(12)18-4/h5-8,10,16H,9H2,1-4H3. The number of hydrogen-bond donors (Lipinski definition) is 1. The SMILES string of the molecule is COc1ccccc1-c1nc(C)c(CNC(C)C)s1. The van der Waals surface area contributed by atoms with Crippen molar-refractivity contribution in [3.8, 4) is 16.3 Å². The monoisotopic (exact) mass is 276 g/mol. The number of aryl methyl sites for hydroxylation is 1. The van der Waals surface area contributed by atoms with Crippen molar-refractivity contribution < 1.29 is 4.74 Å². The van der Waals surface area contributed by atoms with Gasteiger partial charge in [-0.2, -0.15) is 0 Å². The van der Waals surface area contributed by atoms with Crippen molar-refractivity contribution in [3.05, 3.63) is 34.8 Å². The van der Waals surface area contributed by atoms with E-state index in [0.29, 0.717) is 6.04 Å². The molecule has 0 aliphatic rings. The average Bonchev–Trinajstić information content (AvgIpc) is 2.77. The molecule has 0 aliphatic heterocycles. The molecule has 1 aromatic carbocycles. The van der Waals surface area contributed by atoms with Gasteiger partial charge < -0.3 is 10.1 Å². The minimum Gasteiger partial charge on any atom is -0.496 e. The first kappa shape index (κ1) is 14.0. The number of thiazole rings is 1. The Morgan fingerprint density at radius 1 is 1.32 bits per heavy atom. The Labute approximate surface area is 118 Å². The number of ether oxygens (including phenoxy) is 1. The molecule has 0 spiro atoms. The van der Waals surface area contributed by atoms with Crippen molar-refractivity contribution in [1.29, 1.82) is 0 Å². The normalized spacial score (nSPS) is 11.0. The molecular formula is C15H20N2OS. The zero-order valence-corrected chi connectivity index (χ0v) is 12.7. The second-order valence-electron chi connectivity index (χ2n) is 4.76. The van der Waals surface area contributed by atoms with Gasteiger partial charge in [0.25, 0.3) is 0 Å². The van der Waals surface area contributed by atoms with Gasteiger partial charge in [0.15, 0.2) is 0 Å². The van der Waals surface area contributed by atoms with E-state index in [2.05, 4.69) is 37.1 Å². The number of nitrogens with one attached hydrogen (secondary N) is 1. The zero-order valence-electron chi connectivity index (χ0n) is 11.9. The molecule has 0 radical (unpaired) electrons. The smallest absolute Gasteiger partial charge is 0.129 e. The van der Waals surface area contributed by atoms with Crippen molar-refractivity contribution in [2.24, 2.45) is 0 Å². The number of benzene rings is 1. The van der Waals surface area contributed by atoms with Gasteiger partial charge in [0.1, 0.15) is 10.8 Å². The molecule has 3 nitrogen and oxygen atoms in total. The van der Waals surface area contributed by atoms with E-state index < -0.39 is 0 Å². The van der Waals surface area contributed by atoms with Crippen LogP contribution in [0.5, 0.6) is 5.75 Å². The van der Waals surface area contributed by atoms with Gasteiger partial charge >= 0.3 is 0 Å². The minimum absolute atomic E-state index is 0.483. The van der Waals surface area contributed by atoms with Crippen molar-refractivity contribution in [3.63, 3.8) is 0 Å². The summed E-state index contributed by atoms with van der Waals surface area (Å²) in [6.45, 7) is 7.23. The molecule has 0 saturated carbocycles. The second-order valence-corrected chi connectivity index (χ2v) is 5.85. The molecule has 0 unspecified atom stereocenters. The Morgan fingerprint density at radius 3 is 2.74 bits per heavy atom. The second kappa shape index (κ2) is 6.17. The molecule has 1 heterocycles. The van der Waals surface area contributed by atoms with Gasteiger partial charge in [-0.05, 0) is 19.1 Å². The number of hydrogen-bond acceptors (Lipinski definition) is 4. The molecule has 0 amide bonds. The summed E-state index contributed by atoms with van der Waals surface area (Å²) in [5.74, 6) is 0.875. The van der Waals surface area contributed by atoms with Crippen LogP contribution >= 0.6 is 11.3 Å². The molecule has 0 fully saturated rings. The van der Waals surface area contributed by atoms with Gasteiger partial charge in [-0.15, -0.1) is 11.3 Å². The van der Waals surface area contributed by atoms with E-state index >= 15 is 0 Å². The van der Waals surface area contributed by atoms with Crippen LogP contribution in [0.4, 0.5) is 0 Å². The first-order chi connectivity index (χ1) is 9.11. The Morgan fingerprint density at radius 2 is 2.05 bits per heavy atom. The van der Waals surface area contributed by atoms with Crippen molar-refractivity contribution in [2.75, 3.05) is 7.11 Å². The predicted octanol–water partition coefficient (Wildman–Crippen LogP) is 3.63. The average molecular weight is 276 g/mol. The van der Waals surface area contributed by atoms with Gasteiger partial charge in [-0.3, -0.25) is 0 Å². The van der Waals surface area contributed by atoms with E-state index in [4.69, 9.17) is 4.74 Å². The highest BCUT2D eigenvalue weighted by Gasteiger charge is 2.12. The maximum atomic E-state index is 5.40. The maximum Gasteiger partial charge on any atom is 0.129 e. The Balaban J connectivity index is 2.28. The van der Waals surface area contributed by atoms with Crippen molar-refractivity contribution >= 4 is 11.3 Å². The molecule has 2 rings (SSSR count). The molecule has 0 bridgehead atoms. The number of rotatable bonds is 5. The topological polar surface area (TPSA) is 34.1 Å². The van der Waals surface area contributed by atoms with Gasteiger partial charge in [-0.1, -0.05) is 26.0 Å². The molecule has 2 aromatic rings. The Hall–Kier alpha value is -1.39. The highest BCUT2D eigenvalue weighted by atomic mass is 32.1. The maximum absolute atomic E-state index is 5.40. The van der Waals surface area contributed by atoms with Crippen LogP contribution in [0.15, 0.2) is 24.3 Å². The van der Waals surface area contributed by atoms with Gasteiger partial charge in [0, 0.05) is 17.5 Å². The molecule has 4 heteroatoms. The molecule has 1 aromatic heterocycles. The summed E-state index contributed by atoms with van der Waals surface area (Å²) < 4.78 is 5.40. The quantitative estimate of drug-likeness (QED) is 0.905. The van der Waals surface area contributed by atoms with E-state index in [9.17, 15) is 0 Å². The Kier molecular flexibility index (Phi) is 4.56. The number of para-hydroxylation sites is 1. The predicted molar refractivity (Wildman–Crippen MR) is 80.8 cm³/mol. The lowest BCUT2D eigenvalue weighted by Gasteiger charge is -2.06. The lowest BCUT2D eigenvalue weighted by molar-refractivity contribution is 0.416. The van der Waals surface area contributed by atoms with E-state index in [0.717, 1.165) is 28.6 Å². The third-order valence-electron chi connectivity index (χ3n) is 2.90. The third-order valence-corrected chi connectivity index (χ3v) is 4.09. The lowest BCUT2D eigenvalue weighted by Crippen LogP contribution is -2.21. The van der Waals surface area contributed by atoms with Crippen LogP contribution in [-0.4, -0.2) is 18.1 Å². The summed E-state index contributed by atoms with van der Waals surface area (Å²) in [7, 11) is 1.69. The summed E-state index contributed by atoms with van der Waals surface area (Å²) >= 11 is 1.73. The lowest BCUT2D eigenvalue weighted by atomic mass is 10.2. The summed E-state index contributed by atoms with van der Waals surface area (Å²) in [4.78, 5) is 5.95. The number of nitrogens with zero attached hydrogens (tertiary/aromatic N) is 1. The van der Waals surface area contributed by atoms with E-state index in [1.165, 1.54) is 4.88 Å². The largest absolute Gasteiger partial charge is 0.496 e. The fourth-order valence-electron chi connectivity index (χ4n) is 1.83. The summed E-state index contributed by atoms with van der Waals surface area (Å²) in [6.07, 6.45) is 0.